The van der Waals surface area contributed by atoms with Gasteiger partial charge in [-0.3, -0.25) is 14.4 Å². The predicted octanol–water partition coefficient (Wildman–Crippen LogP) is 5.86. The smallest absolute Gasteiger partial charge is 0.303 e. The summed E-state index contributed by atoms with van der Waals surface area (Å²) < 4.78 is 0.864. The van der Waals surface area contributed by atoms with Gasteiger partial charge in [0.05, 0.1) is 16.8 Å². The molecule has 2 aliphatic heterocycles. The molecule has 33 heavy (non-hydrogen) atoms. The van der Waals surface area contributed by atoms with Gasteiger partial charge in [-0.2, -0.15) is 0 Å². The number of aliphatic carboxylic acids is 1. The third-order valence-corrected chi connectivity index (χ3v) is 6.67. The SMILES string of the molecule is O=C(O)CCCCCCCCCN1C(=O)/C(=C2/C(=O)Nc3ccccc32)c2cc(Br)ccc21. The van der Waals surface area contributed by atoms with Crippen molar-refractivity contribution >= 4 is 56.2 Å². The van der Waals surface area contributed by atoms with Crippen LogP contribution in [-0.2, 0) is 14.4 Å². The van der Waals surface area contributed by atoms with Gasteiger partial charge in [0.15, 0.2) is 0 Å². The van der Waals surface area contributed by atoms with Crippen molar-refractivity contribution in [1.29, 1.82) is 0 Å². The van der Waals surface area contributed by atoms with E-state index >= 15 is 0 Å². The minimum absolute atomic E-state index is 0.126. The minimum atomic E-state index is -0.731. The van der Waals surface area contributed by atoms with Crippen LogP contribution in [0.1, 0.15) is 62.5 Å². The number of unbranched alkanes of at least 4 members (excludes halogenated alkanes) is 6. The van der Waals surface area contributed by atoms with Gasteiger partial charge in [0, 0.05) is 34.3 Å². The van der Waals surface area contributed by atoms with Crippen LogP contribution in [0.15, 0.2) is 46.9 Å². The first-order valence-corrected chi connectivity index (χ1v) is 12.3. The number of carbonyl (C=O) groups excluding carboxylic acids is 2. The Morgan fingerprint density at radius 1 is 0.879 bits per heavy atom. The van der Waals surface area contributed by atoms with E-state index < -0.39 is 5.97 Å². The molecule has 2 amide bonds. The van der Waals surface area contributed by atoms with Gasteiger partial charge in [-0.1, -0.05) is 66.2 Å². The molecular formula is C26H27BrN2O4. The molecule has 4 rings (SSSR count). The summed E-state index contributed by atoms with van der Waals surface area (Å²) in [5, 5.41) is 11.6. The van der Waals surface area contributed by atoms with Crippen LogP contribution in [-0.4, -0.2) is 29.4 Å². The number of anilines is 2. The highest BCUT2D eigenvalue weighted by Gasteiger charge is 2.39. The normalized spacial score (nSPS) is 16.7. The fraction of sp³-hybridized carbons (Fsp3) is 0.346. The van der Waals surface area contributed by atoms with Crippen molar-refractivity contribution < 1.29 is 19.5 Å². The van der Waals surface area contributed by atoms with Gasteiger partial charge in [0.25, 0.3) is 11.8 Å². The van der Waals surface area contributed by atoms with E-state index in [-0.39, 0.29) is 18.2 Å². The van der Waals surface area contributed by atoms with Crippen LogP contribution >= 0.6 is 15.9 Å². The van der Waals surface area contributed by atoms with Crippen LogP contribution in [0.5, 0.6) is 0 Å². The highest BCUT2D eigenvalue weighted by molar-refractivity contribution is 9.10. The second kappa shape index (κ2) is 10.3. The number of amides is 2. The van der Waals surface area contributed by atoms with Crippen LogP contribution < -0.4 is 10.2 Å². The van der Waals surface area contributed by atoms with E-state index in [2.05, 4.69) is 21.2 Å². The molecule has 0 bridgehead atoms. The molecular weight excluding hydrogens is 484 g/mol. The van der Waals surface area contributed by atoms with Gasteiger partial charge >= 0.3 is 5.97 Å². The Kier molecular flexibility index (Phi) is 7.28. The van der Waals surface area contributed by atoms with Crippen molar-refractivity contribution in [1.82, 2.24) is 0 Å². The molecule has 0 atom stereocenters. The molecule has 0 saturated heterocycles. The number of carboxylic acid groups (broad SMARTS) is 1. The zero-order valence-electron chi connectivity index (χ0n) is 18.4. The topological polar surface area (TPSA) is 86.7 Å². The zero-order chi connectivity index (χ0) is 23.4. The van der Waals surface area contributed by atoms with Crippen LogP contribution in [0.2, 0.25) is 0 Å². The zero-order valence-corrected chi connectivity index (χ0v) is 20.0. The number of hydrogen-bond acceptors (Lipinski definition) is 3. The van der Waals surface area contributed by atoms with Gasteiger partial charge in [-0.25, -0.2) is 0 Å². The molecule has 2 N–H and O–H groups in total. The van der Waals surface area contributed by atoms with Crippen LogP contribution in [0.25, 0.3) is 11.1 Å². The van der Waals surface area contributed by atoms with E-state index in [0.29, 0.717) is 17.7 Å². The summed E-state index contributed by atoms with van der Waals surface area (Å²) in [5.41, 5.74) is 4.04. The number of carbonyl (C=O) groups is 3. The van der Waals surface area contributed by atoms with Crippen LogP contribution in [0.4, 0.5) is 11.4 Å². The second-order valence-electron chi connectivity index (χ2n) is 8.49. The highest BCUT2D eigenvalue weighted by atomic mass is 79.9. The summed E-state index contributed by atoms with van der Waals surface area (Å²) in [6, 6.07) is 13.2. The molecule has 172 valence electrons. The van der Waals surface area contributed by atoms with Gasteiger partial charge in [0.2, 0.25) is 0 Å². The summed E-state index contributed by atoms with van der Waals surface area (Å²) in [6.45, 7) is 0.604. The Bertz CT molecular complexity index is 1130. The molecule has 2 aromatic carbocycles. The lowest BCUT2D eigenvalue weighted by molar-refractivity contribution is -0.137. The number of halogens is 1. The maximum atomic E-state index is 13.5. The maximum Gasteiger partial charge on any atom is 0.303 e. The number of nitrogens with zero attached hydrogens (tertiary/aromatic N) is 1. The fourth-order valence-electron chi connectivity index (χ4n) is 4.56. The molecule has 0 fully saturated rings. The van der Waals surface area contributed by atoms with Crippen molar-refractivity contribution in [3.05, 3.63) is 58.1 Å². The summed E-state index contributed by atoms with van der Waals surface area (Å²) in [4.78, 5) is 38.7. The molecule has 2 aromatic rings. The number of para-hydroxylation sites is 1. The molecule has 0 saturated carbocycles. The van der Waals surface area contributed by atoms with Gasteiger partial charge in [0.1, 0.15) is 0 Å². The summed E-state index contributed by atoms with van der Waals surface area (Å²) in [5.74, 6) is -1.10. The van der Waals surface area contributed by atoms with Gasteiger partial charge < -0.3 is 15.3 Å². The lowest BCUT2D eigenvalue weighted by Gasteiger charge is -2.17. The largest absolute Gasteiger partial charge is 0.481 e. The van der Waals surface area contributed by atoms with Crippen molar-refractivity contribution in [2.45, 2.75) is 51.4 Å². The minimum Gasteiger partial charge on any atom is -0.481 e. The molecule has 0 unspecified atom stereocenters. The summed E-state index contributed by atoms with van der Waals surface area (Å²) in [6.07, 6.45) is 6.98. The van der Waals surface area contributed by atoms with Crippen molar-refractivity contribution in [2.24, 2.45) is 0 Å². The Hall–Kier alpha value is -2.93. The lowest BCUT2D eigenvalue weighted by Crippen LogP contribution is -2.28. The average Bonchev–Trinajstić information content (AvgIpc) is 3.24. The highest BCUT2D eigenvalue weighted by Crippen LogP contribution is 2.45. The van der Waals surface area contributed by atoms with E-state index in [1.54, 1.807) is 4.90 Å². The molecule has 6 nitrogen and oxygen atoms in total. The number of carboxylic acids is 1. The molecule has 2 heterocycles. The Balaban J connectivity index is 1.45. The van der Waals surface area contributed by atoms with Crippen molar-refractivity contribution in [3.8, 4) is 0 Å². The third-order valence-electron chi connectivity index (χ3n) is 6.17. The standard InChI is InChI=1S/C26H27BrN2O4/c27-17-13-14-21-19(16-17)24(23-18-10-7-8-11-20(18)28-25(23)32)26(33)29(21)15-9-5-3-1-2-4-6-12-22(30)31/h7-8,10-11,13-14,16H,1-6,9,12,15H2,(H,28,32)(H,30,31)/b24-23+. The number of nitrogens with one attached hydrogen (secondary N) is 1. The third kappa shape index (κ3) is 5.03. The average molecular weight is 511 g/mol. The molecule has 2 aliphatic rings. The van der Waals surface area contributed by atoms with Crippen molar-refractivity contribution in [3.63, 3.8) is 0 Å². The number of benzene rings is 2. The van der Waals surface area contributed by atoms with E-state index in [4.69, 9.17) is 5.11 Å². The Labute approximate surface area is 201 Å². The van der Waals surface area contributed by atoms with E-state index in [1.807, 2.05) is 42.5 Å². The predicted molar refractivity (Wildman–Crippen MR) is 133 cm³/mol. The maximum absolute atomic E-state index is 13.5. The summed E-state index contributed by atoms with van der Waals surface area (Å²) in [7, 11) is 0. The Morgan fingerprint density at radius 2 is 1.58 bits per heavy atom. The molecule has 0 aromatic heterocycles. The number of rotatable bonds is 10. The quantitative estimate of drug-likeness (QED) is 0.309. The van der Waals surface area contributed by atoms with Crippen LogP contribution in [0, 0.1) is 0 Å². The van der Waals surface area contributed by atoms with Crippen LogP contribution in [0.3, 0.4) is 0 Å². The molecule has 0 radical (unpaired) electrons. The van der Waals surface area contributed by atoms with E-state index in [9.17, 15) is 14.4 Å². The molecule has 0 aliphatic carbocycles. The van der Waals surface area contributed by atoms with Crippen molar-refractivity contribution in [2.75, 3.05) is 16.8 Å². The first-order valence-electron chi connectivity index (χ1n) is 11.5. The molecule has 0 spiro atoms. The fourth-order valence-corrected chi connectivity index (χ4v) is 4.92. The first-order chi connectivity index (χ1) is 16.0. The van der Waals surface area contributed by atoms with Gasteiger partial charge in [-0.05, 0) is 37.1 Å². The summed E-state index contributed by atoms with van der Waals surface area (Å²) >= 11 is 3.51. The Morgan fingerprint density at radius 3 is 2.33 bits per heavy atom. The number of hydrogen-bond donors (Lipinski definition) is 2. The number of fused-ring (bicyclic) bond motifs is 2. The van der Waals surface area contributed by atoms with E-state index in [1.165, 1.54) is 0 Å². The lowest BCUT2D eigenvalue weighted by atomic mass is 9.96. The van der Waals surface area contributed by atoms with E-state index in [0.717, 1.165) is 71.9 Å². The first kappa shape index (κ1) is 23.2. The van der Waals surface area contributed by atoms with Gasteiger partial charge in [-0.15, -0.1) is 0 Å². The monoisotopic (exact) mass is 510 g/mol. The molecule has 7 heteroatoms. The second-order valence-corrected chi connectivity index (χ2v) is 9.40.